The highest BCUT2D eigenvalue weighted by Crippen LogP contribution is 2.56. The number of hydrogen-bond acceptors (Lipinski definition) is 1. The van der Waals surface area contributed by atoms with E-state index in [1.54, 1.807) is 0 Å². The summed E-state index contributed by atoms with van der Waals surface area (Å²) in [5.41, 5.74) is 22.0. The predicted octanol–water partition coefficient (Wildman–Crippen LogP) is 13.3. The summed E-state index contributed by atoms with van der Waals surface area (Å²) in [7, 11) is 0. The number of anilines is 3. The molecule has 1 aromatic heterocycles. The lowest BCUT2D eigenvalue weighted by Gasteiger charge is -2.49. The lowest BCUT2D eigenvalue weighted by molar-refractivity contribution is 0.573. The molecule has 0 atom stereocenters. The maximum Gasteiger partial charge on any atom is 0.333 e. The molecule has 0 saturated carbocycles. The first kappa shape index (κ1) is 37.3. The Morgan fingerprint density at radius 2 is 0.964 bits per heavy atom. The van der Waals surface area contributed by atoms with Crippen LogP contribution in [0.2, 0.25) is 0 Å². The second-order valence-corrected chi connectivity index (χ2v) is 23.3. The SMILES string of the molecule is CC(C)(C)c1cc2c3c(c1)N1c4ccc(C(C)(C)C)cc4C(C)(C)c4cc(C(C)(C)C)cc(c41)B3n1c3ccc(C(C)(C)C)cc3c3cc(C(C)(C)C)cc-2c31. The number of fused-ring (bicyclic) bond motifs is 9. The van der Waals surface area contributed by atoms with Crippen molar-refractivity contribution >= 4 is 56.6 Å². The fourth-order valence-corrected chi connectivity index (χ4v) is 9.98. The van der Waals surface area contributed by atoms with Crippen LogP contribution in [-0.2, 0) is 32.5 Å². The number of nitrogens with zero attached hydrogens (tertiary/aromatic N) is 2. The van der Waals surface area contributed by atoms with Gasteiger partial charge in [0.25, 0.3) is 0 Å². The van der Waals surface area contributed by atoms with Crippen LogP contribution in [0.15, 0.2) is 72.8 Å². The van der Waals surface area contributed by atoms with E-state index in [0.29, 0.717) is 0 Å². The highest BCUT2D eigenvalue weighted by atomic mass is 15.2. The van der Waals surface area contributed by atoms with E-state index >= 15 is 0 Å². The summed E-state index contributed by atoms with van der Waals surface area (Å²) in [6.45, 7) is 40.5. The van der Waals surface area contributed by atoms with Gasteiger partial charge in [0, 0.05) is 44.2 Å². The topological polar surface area (TPSA) is 8.17 Å². The lowest BCUT2D eigenvalue weighted by atomic mass is 9.43. The number of benzene rings is 5. The Balaban J connectivity index is 1.52. The summed E-state index contributed by atoms with van der Waals surface area (Å²) in [6.07, 6.45) is 0. The van der Waals surface area contributed by atoms with E-state index < -0.39 is 0 Å². The average Bonchev–Trinajstić information content (AvgIpc) is 3.40. The van der Waals surface area contributed by atoms with Crippen molar-refractivity contribution in [3.63, 3.8) is 0 Å². The van der Waals surface area contributed by atoms with Crippen molar-refractivity contribution in [2.24, 2.45) is 0 Å². The normalized spacial score (nSPS) is 16.0. The second-order valence-electron chi connectivity index (χ2n) is 23.3. The molecule has 9 rings (SSSR count). The first-order valence-corrected chi connectivity index (χ1v) is 21.1. The minimum Gasteiger partial charge on any atom is -0.375 e. The molecule has 0 radical (unpaired) electrons. The average molecular weight is 739 g/mol. The molecule has 56 heavy (non-hydrogen) atoms. The van der Waals surface area contributed by atoms with Gasteiger partial charge in [-0.2, -0.15) is 0 Å². The molecule has 0 N–H and O–H groups in total. The largest absolute Gasteiger partial charge is 0.375 e. The van der Waals surface area contributed by atoms with Gasteiger partial charge < -0.3 is 9.38 Å². The number of aromatic nitrogens is 1. The number of hydrogen-bond donors (Lipinski definition) is 0. The highest BCUT2D eigenvalue weighted by molar-refractivity contribution is 6.90. The molecular formula is C53H63BN2. The van der Waals surface area contributed by atoms with E-state index in [2.05, 4.69) is 200 Å². The number of rotatable bonds is 0. The molecule has 0 fully saturated rings. The highest BCUT2D eigenvalue weighted by Gasteiger charge is 2.49. The predicted molar refractivity (Wildman–Crippen MR) is 246 cm³/mol. The van der Waals surface area contributed by atoms with Gasteiger partial charge in [0.1, 0.15) is 0 Å². The van der Waals surface area contributed by atoms with Crippen LogP contribution in [0.1, 0.15) is 157 Å². The molecule has 5 aromatic carbocycles. The van der Waals surface area contributed by atoms with Crippen LogP contribution in [0.4, 0.5) is 17.1 Å². The van der Waals surface area contributed by atoms with Gasteiger partial charge in [-0.1, -0.05) is 154 Å². The van der Waals surface area contributed by atoms with Crippen molar-refractivity contribution in [1.29, 1.82) is 0 Å². The monoisotopic (exact) mass is 739 g/mol. The van der Waals surface area contributed by atoms with Crippen LogP contribution in [-0.4, -0.2) is 11.3 Å². The summed E-state index contributed by atoms with van der Waals surface area (Å²) in [6, 6.07) is 30.1. The zero-order chi connectivity index (χ0) is 40.6. The minimum atomic E-state index is -0.204. The van der Waals surface area contributed by atoms with Gasteiger partial charge in [-0.05, 0) is 119 Å². The molecule has 0 bridgehead atoms. The van der Waals surface area contributed by atoms with Gasteiger partial charge in [0.15, 0.2) is 0 Å². The molecule has 3 aliphatic heterocycles. The molecule has 0 aliphatic carbocycles. The van der Waals surface area contributed by atoms with E-state index in [1.807, 2.05) is 0 Å². The van der Waals surface area contributed by atoms with Crippen molar-refractivity contribution in [1.82, 2.24) is 4.48 Å². The third kappa shape index (κ3) is 5.14. The van der Waals surface area contributed by atoms with Crippen molar-refractivity contribution < 1.29 is 0 Å². The fraction of sp³-hybridized carbons (Fsp3) is 0.434. The van der Waals surface area contributed by atoms with Crippen LogP contribution in [0.25, 0.3) is 32.9 Å². The second kappa shape index (κ2) is 11.0. The molecule has 0 spiro atoms. The zero-order valence-corrected chi connectivity index (χ0v) is 37.4. The smallest absolute Gasteiger partial charge is 0.333 e. The van der Waals surface area contributed by atoms with Crippen LogP contribution in [0, 0.1) is 0 Å². The van der Waals surface area contributed by atoms with E-state index in [4.69, 9.17) is 0 Å². The van der Waals surface area contributed by atoms with Gasteiger partial charge in [-0.25, -0.2) is 0 Å². The van der Waals surface area contributed by atoms with Crippen molar-refractivity contribution in [2.45, 2.75) is 150 Å². The molecule has 0 unspecified atom stereocenters. The maximum atomic E-state index is 2.77. The summed E-state index contributed by atoms with van der Waals surface area (Å²) >= 11 is 0. The van der Waals surface area contributed by atoms with E-state index in [9.17, 15) is 0 Å². The molecule has 0 saturated heterocycles. The molecule has 3 heteroatoms. The quantitative estimate of drug-likeness (QED) is 0.141. The van der Waals surface area contributed by atoms with Gasteiger partial charge >= 0.3 is 6.85 Å². The van der Waals surface area contributed by atoms with Gasteiger partial charge in [-0.15, -0.1) is 0 Å². The van der Waals surface area contributed by atoms with Crippen LogP contribution < -0.4 is 15.8 Å². The zero-order valence-electron chi connectivity index (χ0n) is 37.4. The minimum absolute atomic E-state index is 0.00936. The molecule has 4 heterocycles. The van der Waals surface area contributed by atoms with Crippen molar-refractivity contribution in [2.75, 3.05) is 4.90 Å². The third-order valence-electron chi connectivity index (χ3n) is 13.7. The Labute approximate surface area is 337 Å². The first-order chi connectivity index (χ1) is 25.7. The Morgan fingerprint density at radius 3 is 1.57 bits per heavy atom. The lowest BCUT2D eigenvalue weighted by Crippen LogP contribution is -2.58. The van der Waals surface area contributed by atoms with Gasteiger partial charge in [0.2, 0.25) is 0 Å². The van der Waals surface area contributed by atoms with E-state index in [0.717, 1.165) is 0 Å². The van der Waals surface area contributed by atoms with Crippen LogP contribution in [0.5, 0.6) is 0 Å². The van der Waals surface area contributed by atoms with Gasteiger partial charge in [-0.3, -0.25) is 0 Å². The Kier molecular flexibility index (Phi) is 7.36. The summed E-state index contributed by atoms with van der Waals surface area (Å²) < 4.78 is 2.77. The Hall–Kier alpha value is -4.24. The van der Waals surface area contributed by atoms with Gasteiger partial charge in [0.05, 0.1) is 5.69 Å². The molecule has 288 valence electrons. The maximum absolute atomic E-state index is 2.77. The van der Waals surface area contributed by atoms with Crippen LogP contribution in [0.3, 0.4) is 0 Å². The third-order valence-corrected chi connectivity index (χ3v) is 13.7. The van der Waals surface area contributed by atoms with Crippen LogP contribution >= 0.6 is 0 Å². The standard InChI is InChI=1S/C53H63BN2/c1-48(2,3)30-18-20-42-35(22-30)37-24-32(50(7,8)9)25-38-36-23-33(51(10,11)12)29-44-45(36)54(56(42)46(37)38)41-28-34(52(13,14)15)27-40-47(41)55(44)43-21-19-31(49(4,5)6)26-39(43)53(40,16)17/h18-29H,1-17H3. The summed E-state index contributed by atoms with van der Waals surface area (Å²) in [5.74, 6) is 0. The summed E-state index contributed by atoms with van der Waals surface area (Å²) in [4.78, 5) is 2.70. The molecule has 6 aromatic rings. The van der Waals surface area contributed by atoms with E-state index in [-0.39, 0.29) is 39.3 Å². The Morgan fingerprint density at radius 1 is 0.464 bits per heavy atom. The van der Waals surface area contributed by atoms with E-state index in [1.165, 1.54) is 99.9 Å². The molecule has 2 nitrogen and oxygen atoms in total. The van der Waals surface area contributed by atoms with Crippen molar-refractivity contribution in [3.05, 3.63) is 112 Å². The van der Waals surface area contributed by atoms with Crippen molar-refractivity contribution in [3.8, 4) is 11.1 Å². The molecule has 3 aliphatic rings. The Bertz CT molecular complexity index is 2680. The molecule has 0 amide bonds. The first-order valence-electron chi connectivity index (χ1n) is 21.1. The fourth-order valence-electron chi connectivity index (χ4n) is 9.98. The molecular weight excluding hydrogens is 675 g/mol. The summed E-state index contributed by atoms with van der Waals surface area (Å²) in [5, 5.41) is 2.75.